The molecule has 0 aromatic carbocycles. The third kappa shape index (κ3) is 4.27. The highest BCUT2D eigenvalue weighted by molar-refractivity contribution is 5.85. The van der Waals surface area contributed by atoms with Crippen molar-refractivity contribution in [1.29, 1.82) is 0 Å². The van der Waals surface area contributed by atoms with Crippen LogP contribution in [0.5, 0.6) is 5.88 Å². The largest absolute Gasteiger partial charge is 0.471 e. The standard InChI is InChI=1S/C19H17N3O.2ClH/c1-2-10-21-15(6-1)13-23-19-11-17(14-5-4-9-20-12-14)16-7-3-8-18(16)22-19;;/h1-2,4-6,9-12H,3,7-8,13H2;2*1H. The van der Waals surface area contributed by atoms with Crippen molar-refractivity contribution in [3.8, 4) is 17.0 Å². The van der Waals surface area contributed by atoms with Gasteiger partial charge in [0.1, 0.15) is 6.61 Å². The van der Waals surface area contributed by atoms with E-state index in [9.17, 15) is 0 Å². The van der Waals surface area contributed by atoms with Crippen LogP contribution in [0, 0.1) is 0 Å². The lowest BCUT2D eigenvalue weighted by atomic mass is 10.0. The molecule has 0 saturated carbocycles. The quantitative estimate of drug-likeness (QED) is 0.675. The van der Waals surface area contributed by atoms with Crippen molar-refractivity contribution in [3.05, 3.63) is 71.9 Å². The third-order valence-electron chi connectivity index (χ3n) is 4.09. The topological polar surface area (TPSA) is 47.9 Å². The van der Waals surface area contributed by atoms with Gasteiger partial charge in [-0.2, -0.15) is 0 Å². The van der Waals surface area contributed by atoms with Crippen LogP contribution in [0.25, 0.3) is 11.1 Å². The van der Waals surface area contributed by atoms with Gasteiger partial charge in [-0.1, -0.05) is 12.1 Å². The zero-order valence-corrected chi connectivity index (χ0v) is 15.2. The molecule has 1 aliphatic rings. The molecule has 0 atom stereocenters. The molecule has 0 aliphatic heterocycles. The van der Waals surface area contributed by atoms with Crippen LogP contribution >= 0.6 is 24.8 Å². The normalized spacial score (nSPS) is 11.8. The number of fused-ring (bicyclic) bond motifs is 1. The highest BCUT2D eigenvalue weighted by Crippen LogP contribution is 2.33. The van der Waals surface area contributed by atoms with Crippen LogP contribution in [0.4, 0.5) is 0 Å². The maximum atomic E-state index is 5.89. The zero-order valence-electron chi connectivity index (χ0n) is 13.6. The number of hydrogen-bond acceptors (Lipinski definition) is 4. The van der Waals surface area contributed by atoms with Crippen molar-refractivity contribution >= 4 is 24.8 Å². The summed E-state index contributed by atoms with van der Waals surface area (Å²) in [5.41, 5.74) is 5.70. The van der Waals surface area contributed by atoms with Crippen LogP contribution in [-0.4, -0.2) is 15.0 Å². The van der Waals surface area contributed by atoms with E-state index in [1.165, 1.54) is 11.1 Å². The lowest BCUT2D eigenvalue weighted by Crippen LogP contribution is -2.02. The molecule has 3 aromatic rings. The fourth-order valence-corrected chi connectivity index (χ4v) is 3.00. The van der Waals surface area contributed by atoms with E-state index in [2.05, 4.69) is 21.0 Å². The predicted molar refractivity (Wildman–Crippen MR) is 103 cm³/mol. The van der Waals surface area contributed by atoms with Crippen LogP contribution in [-0.2, 0) is 19.4 Å². The molecule has 0 N–H and O–H groups in total. The summed E-state index contributed by atoms with van der Waals surface area (Å²) in [6.07, 6.45) is 8.71. The fourth-order valence-electron chi connectivity index (χ4n) is 3.00. The highest BCUT2D eigenvalue weighted by Gasteiger charge is 2.19. The second-order valence-corrected chi connectivity index (χ2v) is 5.64. The summed E-state index contributed by atoms with van der Waals surface area (Å²) in [7, 11) is 0. The molecule has 3 heterocycles. The first-order valence-corrected chi connectivity index (χ1v) is 7.86. The number of hydrogen-bond donors (Lipinski definition) is 0. The summed E-state index contributed by atoms with van der Waals surface area (Å²) in [6.45, 7) is 0.430. The van der Waals surface area contributed by atoms with E-state index in [1.54, 1.807) is 12.4 Å². The number of halogens is 2. The predicted octanol–water partition coefficient (Wildman–Crippen LogP) is 4.45. The Hall–Kier alpha value is -2.17. The van der Waals surface area contributed by atoms with Gasteiger partial charge in [0.05, 0.1) is 5.69 Å². The lowest BCUT2D eigenvalue weighted by Gasteiger charge is -2.12. The number of nitrogens with zero attached hydrogens (tertiary/aromatic N) is 3. The van der Waals surface area contributed by atoms with Gasteiger partial charge >= 0.3 is 0 Å². The Morgan fingerprint density at radius 1 is 1.00 bits per heavy atom. The lowest BCUT2D eigenvalue weighted by molar-refractivity contribution is 0.288. The van der Waals surface area contributed by atoms with Gasteiger partial charge in [0.15, 0.2) is 0 Å². The molecule has 4 nitrogen and oxygen atoms in total. The molecule has 0 saturated heterocycles. The third-order valence-corrected chi connectivity index (χ3v) is 4.09. The second-order valence-electron chi connectivity index (χ2n) is 5.64. The van der Waals surface area contributed by atoms with Crippen molar-refractivity contribution in [3.63, 3.8) is 0 Å². The van der Waals surface area contributed by atoms with Crippen molar-refractivity contribution in [1.82, 2.24) is 15.0 Å². The molecule has 0 radical (unpaired) electrons. The number of pyridine rings is 3. The van der Waals surface area contributed by atoms with Crippen molar-refractivity contribution in [2.45, 2.75) is 25.9 Å². The molecule has 6 heteroatoms. The van der Waals surface area contributed by atoms with Crippen molar-refractivity contribution in [2.24, 2.45) is 0 Å². The van der Waals surface area contributed by atoms with Gasteiger partial charge in [0, 0.05) is 35.9 Å². The fraction of sp³-hybridized carbons (Fsp3) is 0.211. The monoisotopic (exact) mass is 375 g/mol. The highest BCUT2D eigenvalue weighted by atomic mass is 35.5. The molecular formula is C19H19Cl2N3O. The molecule has 130 valence electrons. The molecular weight excluding hydrogens is 357 g/mol. The van der Waals surface area contributed by atoms with Crippen LogP contribution in [0.1, 0.15) is 23.4 Å². The Bertz CT molecular complexity index is 814. The molecule has 1 aliphatic carbocycles. The van der Waals surface area contributed by atoms with E-state index in [4.69, 9.17) is 4.74 Å². The van der Waals surface area contributed by atoms with Gasteiger partial charge in [-0.3, -0.25) is 9.97 Å². The second kappa shape index (κ2) is 8.79. The van der Waals surface area contributed by atoms with Crippen molar-refractivity contribution in [2.75, 3.05) is 0 Å². The Balaban J connectivity index is 0.00000113. The summed E-state index contributed by atoms with van der Waals surface area (Å²) in [4.78, 5) is 13.2. The summed E-state index contributed by atoms with van der Waals surface area (Å²) in [5, 5.41) is 0. The zero-order chi connectivity index (χ0) is 15.5. The van der Waals surface area contributed by atoms with Crippen LogP contribution in [0.3, 0.4) is 0 Å². The molecule has 3 aromatic heterocycles. The average Bonchev–Trinajstić information content (AvgIpc) is 3.09. The Kier molecular flexibility index (Phi) is 6.73. The number of aromatic nitrogens is 3. The number of ether oxygens (including phenoxy) is 1. The molecule has 0 fully saturated rings. The van der Waals surface area contributed by atoms with Crippen molar-refractivity contribution < 1.29 is 4.74 Å². The molecule has 0 bridgehead atoms. The van der Waals surface area contributed by atoms with Gasteiger partial charge in [-0.05, 0) is 48.6 Å². The summed E-state index contributed by atoms with van der Waals surface area (Å²) in [6, 6.07) is 11.9. The van der Waals surface area contributed by atoms with Gasteiger partial charge < -0.3 is 4.74 Å². The SMILES string of the molecule is Cl.Cl.c1ccc(COc2cc(-c3cccnc3)c3c(n2)CCC3)nc1. The molecule has 0 unspecified atom stereocenters. The Morgan fingerprint density at radius 2 is 1.92 bits per heavy atom. The first kappa shape index (κ1) is 19.2. The smallest absolute Gasteiger partial charge is 0.214 e. The van der Waals surface area contributed by atoms with Crippen LogP contribution < -0.4 is 4.74 Å². The van der Waals surface area contributed by atoms with Gasteiger partial charge in [-0.15, -0.1) is 24.8 Å². The minimum Gasteiger partial charge on any atom is -0.471 e. The van der Waals surface area contributed by atoms with Crippen LogP contribution in [0.15, 0.2) is 55.0 Å². The molecule has 25 heavy (non-hydrogen) atoms. The van der Waals surface area contributed by atoms with E-state index in [0.29, 0.717) is 12.5 Å². The molecule has 0 amide bonds. The van der Waals surface area contributed by atoms with Gasteiger partial charge in [0.25, 0.3) is 0 Å². The molecule has 4 rings (SSSR count). The average molecular weight is 376 g/mol. The molecule has 0 spiro atoms. The minimum atomic E-state index is 0. The first-order valence-electron chi connectivity index (χ1n) is 7.86. The summed E-state index contributed by atoms with van der Waals surface area (Å²) < 4.78 is 5.89. The van der Waals surface area contributed by atoms with Gasteiger partial charge in [-0.25, -0.2) is 4.98 Å². The summed E-state index contributed by atoms with van der Waals surface area (Å²) >= 11 is 0. The van der Waals surface area contributed by atoms with E-state index in [-0.39, 0.29) is 24.8 Å². The van der Waals surface area contributed by atoms with E-state index in [0.717, 1.165) is 36.2 Å². The Morgan fingerprint density at radius 3 is 2.68 bits per heavy atom. The van der Waals surface area contributed by atoms with Crippen LogP contribution in [0.2, 0.25) is 0 Å². The maximum absolute atomic E-state index is 5.89. The summed E-state index contributed by atoms with van der Waals surface area (Å²) in [5.74, 6) is 0.662. The minimum absolute atomic E-state index is 0. The Labute approximate surface area is 159 Å². The number of rotatable bonds is 4. The maximum Gasteiger partial charge on any atom is 0.214 e. The number of aryl methyl sites for hydroxylation is 1. The van der Waals surface area contributed by atoms with E-state index in [1.807, 2.05) is 36.5 Å². The van der Waals surface area contributed by atoms with E-state index < -0.39 is 0 Å². The van der Waals surface area contributed by atoms with Gasteiger partial charge in [0.2, 0.25) is 5.88 Å². The van der Waals surface area contributed by atoms with E-state index >= 15 is 0 Å². The first-order chi connectivity index (χ1) is 11.4.